The van der Waals surface area contributed by atoms with Gasteiger partial charge in [0.1, 0.15) is 12.8 Å². The second-order valence-corrected chi connectivity index (χ2v) is 4.40. The summed E-state index contributed by atoms with van der Waals surface area (Å²) < 4.78 is 32.8. The molecule has 0 spiro atoms. The average Bonchev–Trinajstić information content (AvgIpc) is 2.58. The van der Waals surface area contributed by atoms with Crippen LogP contribution in [0, 0.1) is 0 Å². The summed E-state index contributed by atoms with van der Waals surface area (Å²) in [6.45, 7) is 0. The topological polar surface area (TPSA) is 141 Å². The molecule has 0 bridgehead atoms. The molecule has 1 aromatic heterocycles. The van der Waals surface area contributed by atoms with Crippen LogP contribution in [0.2, 0.25) is 0 Å². The zero-order valence-electron chi connectivity index (χ0n) is 8.35. The van der Waals surface area contributed by atoms with E-state index < -0.39 is 22.1 Å². The lowest BCUT2D eigenvalue weighted by Crippen LogP contribution is -2.22. The fourth-order valence-corrected chi connectivity index (χ4v) is 1.63. The van der Waals surface area contributed by atoms with Gasteiger partial charge in [0, 0.05) is 5.38 Å². The van der Waals surface area contributed by atoms with Crippen LogP contribution in [0.4, 0.5) is 5.13 Å². The van der Waals surface area contributed by atoms with Crippen LogP contribution >= 0.6 is 11.3 Å². The van der Waals surface area contributed by atoms with Gasteiger partial charge in [-0.15, -0.1) is 11.3 Å². The number of hydrogen-bond donors (Lipinski definition) is 2. The molecular formula is C6H7N3O6S2. The SMILES string of the molecule is CON=C(C(=O)OS(=O)(=O)O)c1csc(N)n1. The molecule has 0 atom stereocenters. The molecule has 0 fully saturated rings. The molecule has 0 aliphatic carbocycles. The summed E-state index contributed by atoms with van der Waals surface area (Å²) in [4.78, 5) is 19.3. The molecule has 17 heavy (non-hydrogen) atoms. The fourth-order valence-electron chi connectivity index (χ4n) is 0.811. The van der Waals surface area contributed by atoms with Gasteiger partial charge in [-0.1, -0.05) is 5.16 Å². The van der Waals surface area contributed by atoms with E-state index in [1.807, 2.05) is 0 Å². The summed E-state index contributed by atoms with van der Waals surface area (Å²) in [7, 11) is -3.79. The third kappa shape index (κ3) is 3.97. The molecule has 0 amide bonds. The second-order valence-electron chi connectivity index (χ2n) is 2.49. The molecule has 0 saturated heterocycles. The minimum absolute atomic E-state index is 0.0250. The number of nitrogens with zero attached hydrogens (tertiary/aromatic N) is 2. The molecular weight excluding hydrogens is 274 g/mol. The first-order chi connectivity index (χ1) is 7.83. The van der Waals surface area contributed by atoms with Crippen LogP contribution in [-0.4, -0.2) is 36.7 Å². The van der Waals surface area contributed by atoms with Crippen LogP contribution in [-0.2, 0) is 24.2 Å². The Balaban J connectivity index is 3.03. The van der Waals surface area contributed by atoms with E-state index in [1.165, 1.54) is 5.38 Å². The van der Waals surface area contributed by atoms with Gasteiger partial charge in [0.25, 0.3) is 0 Å². The minimum Gasteiger partial charge on any atom is -0.398 e. The van der Waals surface area contributed by atoms with E-state index in [9.17, 15) is 13.2 Å². The number of nitrogens with two attached hydrogens (primary N) is 1. The van der Waals surface area contributed by atoms with Gasteiger partial charge >= 0.3 is 16.4 Å². The summed E-state index contributed by atoms with van der Waals surface area (Å²) in [6.07, 6.45) is 0. The van der Waals surface area contributed by atoms with Gasteiger partial charge < -0.3 is 14.8 Å². The number of hydrogen-bond acceptors (Lipinski definition) is 9. The highest BCUT2D eigenvalue weighted by atomic mass is 32.3. The van der Waals surface area contributed by atoms with Crippen LogP contribution in [0.15, 0.2) is 10.5 Å². The first-order valence-electron chi connectivity index (χ1n) is 3.87. The van der Waals surface area contributed by atoms with Gasteiger partial charge in [-0.3, -0.25) is 4.55 Å². The van der Waals surface area contributed by atoms with E-state index in [4.69, 9.17) is 10.3 Å². The Morgan fingerprint density at radius 3 is 2.71 bits per heavy atom. The molecule has 3 N–H and O–H groups in total. The summed E-state index contributed by atoms with van der Waals surface area (Å²) in [5, 5.41) is 4.73. The first-order valence-corrected chi connectivity index (χ1v) is 6.11. The van der Waals surface area contributed by atoms with Gasteiger partial charge in [-0.25, -0.2) is 9.78 Å². The molecule has 0 saturated carbocycles. The predicted molar refractivity (Wildman–Crippen MR) is 57.7 cm³/mol. The lowest BCUT2D eigenvalue weighted by Gasteiger charge is -2.00. The molecule has 0 aromatic carbocycles. The third-order valence-corrected chi connectivity index (χ3v) is 2.36. The standard InChI is InChI=1S/C6H7N3O6S2/c1-14-9-4(3-2-16-6(7)8-3)5(10)15-17(11,12)13/h2H,1H3,(H2,7,8)(H,11,12,13). The van der Waals surface area contributed by atoms with Crippen molar-refractivity contribution in [2.24, 2.45) is 5.16 Å². The largest absolute Gasteiger partial charge is 0.449 e. The zero-order chi connectivity index (χ0) is 13.1. The Morgan fingerprint density at radius 2 is 2.29 bits per heavy atom. The van der Waals surface area contributed by atoms with E-state index >= 15 is 0 Å². The molecule has 94 valence electrons. The summed E-state index contributed by atoms with van der Waals surface area (Å²) >= 11 is 1.00. The van der Waals surface area contributed by atoms with E-state index in [1.54, 1.807) is 0 Å². The molecule has 11 heteroatoms. The lowest BCUT2D eigenvalue weighted by molar-refractivity contribution is -0.127. The van der Waals surface area contributed by atoms with Crippen molar-refractivity contribution < 1.29 is 26.8 Å². The Kier molecular flexibility index (Phi) is 3.98. The molecule has 1 rings (SSSR count). The summed E-state index contributed by atoms with van der Waals surface area (Å²) in [5.41, 5.74) is 4.78. The Labute approximate surface area is 99.8 Å². The average molecular weight is 281 g/mol. The van der Waals surface area contributed by atoms with Crippen LogP contribution < -0.4 is 5.73 Å². The van der Waals surface area contributed by atoms with Crippen LogP contribution in [0.3, 0.4) is 0 Å². The van der Waals surface area contributed by atoms with Gasteiger partial charge in [0.2, 0.25) is 5.71 Å². The van der Waals surface area contributed by atoms with Crippen LogP contribution in [0.1, 0.15) is 5.69 Å². The molecule has 0 aliphatic heterocycles. The highest BCUT2D eigenvalue weighted by Gasteiger charge is 2.24. The summed E-state index contributed by atoms with van der Waals surface area (Å²) in [5.74, 6) is -1.43. The molecule has 0 unspecified atom stereocenters. The van der Waals surface area contributed by atoms with Crippen molar-refractivity contribution in [2.75, 3.05) is 12.8 Å². The van der Waals surface area contributed by atoms with Crippen molar-refractivity contribution in [3.63, 3.8) is 0 Å². The minimum atomic E-state index is -4.93. The molecule has 0 radical (unpaired) electrons. The second kappa shape index (κ2) is 5.07. The van der Waals surface area contributed by atoms with Crippen LogP contribution in [0.25, 0.3) is 0 Å². The monoisotopic (exact) mass is 281 g/mol. The number of anilines is 1. The van der Waals surface area contributed by atoms with Crippen molar-refractivity contribution >= 4 is 38.5 Å². The molecule has 1 heterocycles. The smallest absolute Gasteiger partial charge is 0.398 e. The van der Waals surface area contributed by atoms with Crippen LogP contribution in [0.5, 0.6) is 0 Å². The molecule has 0 aliphatic rings. The maximum atomic E-state index is 11.3. The number of carbonyl (C=O) groups is 1. The number of thiazole rings is 1. The Bertz CT molecular complexity index is 548. The van der Waals surface area contributed by atoms with E-state index in [0.29, 0.717) is 0 Å². The third-order valence-electron chi connectivity index (χ3n) is 1.32. The van der Waals surface area contributed by atoms with Gasteiger partial charge in [-0.2, -0.15) is 8.42 Å². The maximum Gasteiger partial charge on any atom is 0.449 e. The quantitative estimate of drug-likeness (QED) is 0.424. The summed E-state index contributed by atoms with van der Waals surface area (Å²) in [6, 6.07) is 0. The first kappa shape index (κ1) is 13.3. The molecule has 9 nitrogen and oxygen atoms in total. The maximum absolute atomic E-state index is 11.3. The van der Waals surface area contributed by atoms with Crippen molar-refractivity contribution in [2.45, 2.75) is 0 Å². The van der Waals surface area contributed by atoms with E-state index in [-0.39, 0.29) is 10.8 Å². The number of aromatic nitrogens is 1. The van der Waals surface area contributed by atoms with Gasteiger partial charge in [0.15, 0.2) is 5.13 Å². The number of rotatable bonds is 4. The highest BCUT2D eigenvalue weighted by Crippen LogP contribution is 2.13. The van der Waals surface area contributed by atoms with Crippen molar-refractivity contribution in [3.05, 3.63) is 11.1 Å². The number of nitrogen functional groups attached to an aromatic ring is 1. The molecule has 1 aromatic rings. The number of oxime groups is 1. The van der Waals surface area contributed by atoms with Crippen molar-refractivity contribution in [1.29, 1.82) is 0 Å². The lowest BCUT2D eigenvalue weighted by atomic mass is 10.3. The fraction of sp³-hybridized carbons (Fsp3) is 0.167. The van der Waals surface area contributed by atoms with Crippen molar-refractivity contribution in [1.82, 2.24) is 4.98 Å². The van der Waals surface area contributed by atoms with Crippen molar-refractivity contribution in [3.8, 4) is 0 Å². The van der Waals surface area contributed by atoms with E-state index in [0.717, 1.165) is 18.4 Å². The number of carbonyl (C=O) groups excluding carboxylic acids is 1. The van der Waals surface area contributed by atoms with E-state index in [2.05, 4.69) is 19.2 Å². The predicted octanol–water partition coefficient (Wildman–Crippen LogP) is -0.578. The van der Waals surface area contributed by atoms with Gasteiger partial charge in [0.05, 0.1) is 0 Å². The Morgan fingerprint density at radius 1 is 1.65 bits per heavy atom. The normalized spacial score (nSPS) is 12.2. The Hall–Kier alpha value is -1.72. The zero-order valence-corrected chi connectivity index (χ0v) is 9.99. The highest BCUT2D eigenvalue weighted by molar-refractivity contribution is 7.81. The van der Waals surface area contributed by atoms with Gasteiger partial charge in [-0.05, 0) is 0 Å².